The highest BCUT2D eigenvalue weighted by Gasteiger charge is 2.68. The van der Waals surface area contributed by atoms with Gasteiger partial charge in [0.1, 0.15) is 18.4 Å². The Morgan fingerprint density at radius 3 is 2.58 bits per heavy atom. The summed E-state index contributed by atoms with van der Waals surface area (Å²) in [6, 6.07) is 0. The number of nitrogens with one attached hydrogen (secondary N) is 2. The molecule has 33 heavy (non-hydrogen) atoms. The van der Waals surface area contributed by atoms with Gasteiger partial charge in [0.05, 0.1) is 6.10 Å². The van der Waals surface area contributed by atoms with E-state index in [0.29, 0.717) is 12.8 Å². The summed E-state index contributed by atoms with van der Waals surface area (Å²) in [6.45, 7) is 13.4. The molecule has 8 heteroatoms. The number of esters is 1. The summed E-state index contributed by atoms with van der Waals surface area (Å²) in [5.74, 6) is -0.796. The minimum Gasteiger partial charge on any atom is -0.460 e. The third-order valence-corrected chi connectivity index (χ3v) is 9.50. The number of thiocarbonyl (C=S) groups is 1. The zero-order chi connectivity index (χ0) is 24.8. The van der Waals surface area contributed by atoms with E-state index < -0.39 is 29.0 Å². The van der Waals surface area contributed by atoms with Crippen molar-refractivity contribution in [3.63, 3.8) is 0 Å². The highest BCUT2D eigenvalue weighted by molar-refractivity contribution is 7.80. The molecule has 0 aromatic carbocycles. The molecule has 3 aliphatic rings. The molecule has 8 atom stereocenters. The van der Waals surface area contributed by atoms with Crippen LogP contribution in [0.2, 0.25) is 0 Å². The Bertz CT molecular complexity index is 862. The molecule has 0 saturated heterocycles. The molecule has 2 bridgehead atoms. The number of carbonyl (C=O) groups excluding carboxylic acids is 3. The molecule has 3 saturated carbocycles. The van der Waals surface area contributed by atoms with Gasteiger partial charge in [0.15, 0.2) is 5.11 Å². The minimum absolute atomic E-state index is 0.0551. The monoisotopic (exact) mass is 478 g/mol. The lowest BCUT2D eigenvalue weighted by Crippen LogP contribution is -2.63. The van der Waals surface area contributed by atoms with Crippen LogP contribution < -0.4 is 10.6 Å². The van der Waals surface area contributed by atoms with Crippen LogP contribution in [0.15, 0.2) is 12.7 Å². The Morgan fingerprint density at radius 2 is 1.97 bits per heavy atom. The Hall–Kier alpha value is -1.80. The summed E-state index contributed by atoms with van der Waals surface area (Å²) in [6.07, 6.45) is 3.95. The summed E-state index contributed by atoms with van der Waals surface area (Å²) >= 11 is 5.02. The van der Waals surface area contributed by atoms with Crippen molar-refractivity contribution in [2.75, 3.05) is 6.54 Å². The first-order chi connectivity index (χ1) is 15.3. The van der Waals surface area contributed by atoms with Crippen LogP contribution in [0, 0.1) is 34.0 Å². The smallest absolute Gasteiger partial charge is 0.325 e. The molecular formula is C25H38N2O5S. The van der Waals surface area contributed by atoms with Crippen LogP contribution in [0.3, 0.4) is 0 Å². The van der Waals surface area contributed by atoms with Crippen molar-refractivity contribution in [3.8, 4) is 0 Å². The standard InChI is InChI=1S/C25H38N2O5S/c1-7-23(5)12-18(32-19(30)13-26-22(33)27-16(4)28)24(6)14(2)8-10-25(15(3)21(23)31)11-9-17(29)20(24)25/h7,14-15,18,20-21,31H,1,8-13H2,2-6H3,(H2,26,27,28,33)/t14-,15+,18-,20+,21+,23-,24+,25+/m1/s1. The predicted octanol–water partition coefficient (Wildman–Crippen LogP) is 2.90. The van der Waals surface area contributed by atoms with Gasteiger partial charge in [-0.05, 0) is 55.2 Å². The fourth-order valence-electron chi connectivity index (χ4n) is 7.06. The van der Waals surface area contributed by atoms with E-state index in [-0.39, 0.29) is 46.5 Å². The van der Waals surface area contributed by atoms with Crippen molar-refractivity contribution in [3.05, 3.63) is 12.7 Å². The minimum atomic E-state index is -0.701. The van der Waals surface area contributed by atoms with Gasteiger partial charge in [0, 0.05) is 30.1 Å². The van der Waals surface area contributed by atoms with Gasteiger partial charge in [-0.25, -0.2) is 0 Å². The Kier molecular flexibility index (Phi) is 7.12. The molecule has 3 fully saturated rings. The first-order valence-corrected chi connectivity index (χ1v) is 12.3. The molecule has 0 unspecified atom stereocenters. The van der Waals surface area contributed by atoms with Crippen molar-refractivity contribution in [1.29, 1.82) is 0 Å². The van der Waals surface area contributed by atoms with Gasteiger partial charge in [-0.2, -0.15) is 0 Å². The van der Waals surface area contributed by atoms with E-state index in [4.69, 9.17) is 17.0 Å². The van der Waals surface area contributed by atoms with Crippen molar-refractivity contribution in [2.45, 2.75) is 78.9 Å². The normalized spacial score (nSPS) is 42.4. The number of rotatable bonds is 4. The number of amides is 1. The van der Waals surface area contributed by atoms with E-state index in [9.17, 15) is 19.5 Å². The van der Waals surface area contributed by atoms with Gasteiger partial charge < -0.3 is 20.5 Å². The Labute approximate surface area is 202 Å². The van der Waals surface area contributed by atoms with Gasteiger partial charge in [0.25, 0.3) is 0 Å². The fraction of sp³-hybridized carbons (Fsp3) is 0.760. The molecule has 0 heterocycles. The third-order valence-electron chi connectivity index (χ3n) is 9.26. The van der Waals surface area contributed by atoms with Crippen molar-refractivity contribution in [1.82, 2.24) is 10.6 Å². The zero-order valence-electron chi connectivity index (χ0n) is 20.4. The van der Waals surface area contributed by atoms with Crippen LogP contribution >= 0.6 is 12.2 Å². The highest BCUT2D eigenvalue weighted by atomic mass is 32.1. The molecular weight excluding hydrogens is 440 g/mol. The van der Waals surface area contributed by atoms with Crippen LogP contribution in [-0.2, 0) is 19.1 Å². The van der Waals surface area contributed by atoms with Crippen LogP contribution in [0.4, 0.5) is 0 Å². The number of hydrogen-bond donors (Lipinski definition) is 3. The molecule has 7 nitrogen and oxygen atoms in total. The van der Waals surface area contributed by atoms with E-state index in [0.717, 1.165) is 19.3 Å². The number of ether oxygens (including phenoxy) is 1. The summed E-state index contributed by atoms with van der Waals surface area (Å²) in [5.41, 5.74) is -1.54. The number of aliphatic hydroxyl groups is 1. The molecule has 3 N–H and O–H groups in total. The highest BCUT2D eigenvalue weighted by Crippen LogP contribution is 2.67. The van der Waals surface area contributed by atoms with Crippen molar-refractivity contribution in [2.24, 2.45) is 34.0 Å². The van der Waals surface area contributed by atoms with E-state index >= 15 is 0 Å². The van der Waals surface area contributed by atoms with E-state index in [1.54, 1.807) is 6.08 Å². The van der Waals surface area contributed by atoms with Crippen LogP contribution in [0.5, 0.6) is 0 Å². The third kappa shape index (κ3) is 4.25. The molecule has 0 aliphatic heterocycles. The number of ketones is 1. The first-order valence-electron chi connectivity index (χ1n) is 11.9. The molecule has 0 radical (unpaired) electrons. The van der Waals surface area contributed by atoms with E-state index in [1.807, 2.05) is 6.92 Å². The maximum absolute atomic E-state index is 13.4. The van der Waals surface area contributed by atoms with Crippen LogP contribution in [0.1, 0.15) is 66.7 Å². The van der Waals surface area contributed by atoms with Gasteiger partial charge in [-0.1, -0.05) is 33.8 Å². The molecule has 3 rings (SSSR count). The second-order valence-electron chi connectivity index (χ2n) is 10.9. The molecule has 0 aromatic rings. The summed E-state index contributed by atoms with van der Waals surface area (Å²) in [4.78, 5) is 37.4. The first kappa shape index (κ1) is 25.8. The number of hydrogen-bond acceptors (Lipinski definition) is 6. The summed E-state index contributed by atoms with van der Waals surface area (Å²) < 4.78 is 6.09. The van der Waals surface area contributed by atoms with Crippen LogP contribution in [-0.4, -0.2) is 46.6 Å². The lowest BCUT2D eigenvalue weighted by Gasteiger charge is -2.61. The van der Waals surface area contributed by atoms with E-state index in [1.165, 1.54) is 6.92 Å². The molecule has 0 aromatic heterocycles. The van der Waals surface area contributed by atoms with Gasteiger partial charge >= 0.3 is 5.97 Å². The number of aliphatic hydroxyl groups excluding tert-OH is 1. The van der Waals surface area contributed by atoms with Gasteiger partial charge in [0.2, 0.25) is 5.91 Å². The number of carbonyl (C=O) groups is 3. The largest absolute Gasteiger partial charge is 0.460 e. The fourth-order valence-corrected chi connectivity index (χ4v) is 7.27. The maximum atomic E-state index is 13.4. The topological polar surface area (TPSA) is 105 Å². The molecule has 3 aliphatic carbocycles. The lowest BCUT2D eigenvalue weighted by atomic mass is 9.44. The van der Waals surface area contributed by atoms with Crippen molar-refractivity contribution < 1.29 is 24.2 Å². The van der Waals surface area contributed by atoms with Gasteiger partial charge in [-0.3, -0.25) is 14.4 Å². The average molecular weight is 479 g/mol. The second kappa shape index (κ2) is 9.10. The predicted molar refractivity (Wildman–Crippen MR) is 129 cm³/mol. The van der Waals surface area contributed by atoms with E-state index in [2.05, 4.69) is 38.0 Å². The number of Topliss-reactive ketones (excluding diaryl/α,β-unsaturated/α-hetero) is 1. The Morgan fingerprint density at radius 1 is 1.30 bits per heavy atom. The van der Waals surface area contributed by atoms with Gasteiger partial charge in [-0.15, -0.1) is 6.58 Å². The molecule has 1 amide bonds. The maximum Gasteiger partial charge on any atom is 0.325 e. The molecule has 184 valence electrons. The second-order valence-corrected chi connectivity index (χ2v) is 11.3. The molecule has 0 spiro atoms. The summed E-state index contributed by atoms with van der Waals surface area (Å²) in [7, 11) is 0. The quantitative estimate of drug-likeness (QED) is 0.324. The zero-order valence-corrected chi connectivity index (χ0v) is 21.2. The van der Waals surface area contributed by atoms with Crippen LogP contribution in [0.25, 0.3) is 0 Å². The lowest BCUT2D eigenvalue weighted by molar-refractivity contribution is -0.206. The summed E-state index contributed by atoms with van der Waals surface area (Å²) in [5, 5.41) is 16.7. The average Bonchev–Trinajstić information content (AvgIpc) is 3.10. The Balaban J connectivity index is 1.98. The van der Waals surface area contributed by atoms with Crippen molar-refractivity contribution >= 4 is 35.0 Å². The SMILES string of the molecule is C=C[C@]1(C)C[C@@H](OC(=O)CNC(=S)NC(C)=O)[C@]2(C)[C@H](C)CC[C@]3(CCC(=O)[C@H]32)[C@@H](C)[C@@H]1O.